The lowest BCUT2D eigenvalue weighted by Crippen LogP contribution is -2.23. The van der Waals surface area contributed by atoms with Crippen LogP contribution in [0.1, 0.15) is 13.3 Å². The molecule has 0 amide bonds. The molecular weight excluding hydrogens is 290 g/mol. The Labute approximate surface area is 126 Å². The summed E-state index contributed by atoms with van der Waals surface area (Å²) in [5, 5.41) is 11.5. The number of hydrogen-bond donors (Lipinski definition) is 0. The number of thioether (sulfide) groups is 1. The summed E-state index contributed by atoms with van der Waals surface area (Å²) in [7, 11) is 0. The summed E-state index contributed by atoms with van der Waals surface area (Å²) in [6.45, 7) is 1.46. The molecule has 5 rings (SSSR count). The lowest BCUT2D eigenvalue weighted by atomic mass is 10.1. The van der Waals surface area contributed by atoms with Crippen LogP contribution in [0.5, 0.6) is 0 Å². The Bertz CT molecular complexity index is 634. The molecule has 4 aliphatic rings. The normalized spacial score (nSPS) is 38.3. The van der Waals surface area contributed by atoms with E-state index in [4.69, 9.17) is 4.74 Å². The van der Waals surface area contributed by atoms with Gasteiger partial charge in [-0.05, 0) is 24.3 Å². The molecule has 5 nitrogen and oxygen atoms in total. The van der Waals surface area contributed by atoms with E-state index < -0.39 is 0 Å². The van der Waals surface area contributed by atoms with Crippen LogP contribution in [0.2, 0.25) is 0 Å². The van der Waals surface area contributed by atoms with Gasteiger partial charge >= 0.3 is 5.97 Å². The van der Waals surface area contributed by atoms with Crippen molar-refractivity contribution in [1.29, 1.82) is 0 Å². The van der Waals surface area contributed by atoms with Crippen LogP contribution >= 0.6 is 11.8 Å². The summed E-state index contributed by atoms with van der Waals surface area (Å²) >= 11 is 1.60. The summed E-state index contributed by atoms with van der Waals surface area (Å²) in [6, 6.07) is 6.90. The topological polar surface area (TPSA) is 69.4 Å². The van der Waals surface area contributed by atoms with Gasteiger partial charge in [0.05, 0.1) is 9.82 Å². The van der Waals surface area contributed by atoms with E-state index in [9.17, 15) is 14.9 Å². The SMILES string of the molecule is CC(=O)O[C@H]1C2C3[C@@H]2C[C@@H]1[C@@H]3Sc1ccccc1[N+](=O)[O-]. The average Bonchev–Trinajstić information content (AvgIpc) is 2.70. The van der Waals surface area contributed by atoms with Gasteiger partial charge in [0.2, 0.25) is 0 Å². The molecule has 110 valence electrons. The number of nitrogens with zero attached hydrogens (tertiary/aromatic N) is 1. The standard InChI is InChI=1S/C15H15NO4S/c1-7(17)20-14-9-6-8-12(14)13(8)15(9)21-11-5-3-2-4-10(11)16(18)19/h2-5,8-9,12-15H,6H2,1H3/t8-,9+,12?,13?,14-,15+/m1/s1. The van der Waals surface area contributed by atoms with E-state index in [1.165, 1.54) is 6.92 Å². The smallest absolute Gasteiger partial charge is 0.302 e. The Morgan fingerprint density at radius 1 is 1.33 bits per heavy atom. The second-order valence-electron chi connectivity index (χ2n) is 6.10. The van der Waals surface area contributed by atoms with E-state index >= 15 is 0 Å². The first-order valence-corrected chi connectivity index (χ1v) is 8.03. The average molecular weight is 305 g/mol. The molecule has 0 spiro atoms. The zero-order valence-corrected chi connectivity index (χ0v) is 12.3. The van der Waals surface area contributed by atoms with E-state index in [0.717, 1.165) is 11.3 Å². The van der Waals surface area contributed by atoms with Crippen LogP contribution in [-0.2, 0) is 9.53 Å². The molecule has 4 bridgehead atoms. The van der Waals surface area contributed by atoms with Crippen LogP contribution in [0, 0.1) is 33.8 Å². The zero-order chi connectivity index (χ0) is 14.7. The third kappa shape index (κ3) is 1.88. The molecule has 21 heavy (non-hydrogen) atoms. The maximum absolute atomic E-state index is 11.2. The first-order valence-electron chi connectivity index (χ1n) is 7.15. The van der Waals surface area contributed by atoms with Crippen LogP contribution in [0.4, 0.5) is 5.69 Å². The summed E-state index contributed by atoms with van der Waals surface area (Å²) in [5.41, 5.74) is 0.174. The highest BCUT2D eigenvalue weighted by Crippen LogP contribution is 2.74. The Hall–Kier alpha value is -1.56. The molecule has 1 aromatic carbocycles. The van der Waals surface area contributed by atoms with Crippen molar-refractivity contribution in [2.24, 2.45) is 23.7 Å². The molecule has 0 heterocycles. The molecular formula is C15H15NO4S. The molecule has 4 fully saturated rings. The molecule has 6 atom stereocenters. The van der Waals surface area contributed by atoms with Gasteiger partial charge in [-0.1, -0.05) is 12.1 Å². The summed E-state index contributed by atoms with van der Waals surface area (Å²) in [6.07, 6.45) is 1.14. The monoisotopic (exact) mass is 305 g/mol. The molecule has 0 saturated heterocycles. The third-order valence-electron chi connectivity index (χ3n) is 5.07. The molecule has 0 radical (unpaired) electrons. The fraction of sp³-hybridized carbons (Fsp3) is 0.533. The van der Waals surface area contributed by atoms with Crippen molar-refractivity contribution in [3.8, 4) is 0 Å². The first kappa shape index (κ1) is 13.1. The molecule has 6 heteroatoms. The van der Waals surface area contributed by atoms with Crippen molar-refractivity contribution in [2.75, 3.05) is 0 Å². The number of hydrogen-bond acceptors (Lipinski definition) is 5. The number of para-hydroxylation sites is 1. The van der Waals surface area contributed by atoms with E-state index in [-0.39, 0.29) is 22.7 Å². The highest BCUT2D eigenvalue weighted by Gasteiger charge is 2.75. The quantitative estimate of drug-likeness (QED) is 0.486. The number of carbonyl (C=O) groups excluding carboxylic acids is 1. The van der Waals surface area contributed by atoms with E-state index in [1.54, 1.807) is 23.9 Å². The number of nitro groups is 1. The predicted molar refractivity (Wildman–Crippen MR) is 76.9 cm³/mol. The minimum atomic E-state index is -0.324. The molecule has 4 saturated carbocycles. The second kappa shape index (κ2) is 4.47. The van der Waals surface area contributed by atoms with Crippen LogP contribution < -0.4 is 0 Å². The van der Waals surface area contributed by atoms with Gasteiger partial charge in [0, 0.05) is 30.1 Å². The molecule has 2 unspecified atom stereocenters. The van der Waals surface area contributed by atoms with Crippen LogP contribution in [0.15, 0.2) is 29.2 Å². The van der Waals surface area contributed by atoms with E-state index in [2.05, 4.69) is 0 Å². The number of nitro benzene ring substituents is 1. The van der Waals surface area contributed by atoms with Gasteiger partial charge in [-0.3, -0.25) is 14.9 Å². The largest absolute Gasteiger partial charge is 0.462 e. The van der Waals surface area contributed by atoms with Crippen LogP contribution in [0.3, 0.4) is 0 Å². The Balaban J connectivity index is 1.55. The molecule has 4 aliphatic carbocycles. The maximum atomic E-state index is 11.2. The van der Waals surface area contributed by atoms with Crippen molar-refractivity contribution < 1.29 is 14.5 Å². The zero-order valence-electron chi connectivity index (χ0n) is 11.5. The number of ether oxygens (including phenoxy) is 1. The minimum Gasteiger partial charge on any atom is -0.462 e. The van der Waals surface area contributed by atoms with E-state index in [0.29, 0.717) is 28.9 Å². The van der Waals surface area contributed by atoms with Gasteiger partial charge in [-0.2, -0.15) is 0 Å². The second-order valence-corrected chi connectivity index (χ2v) is 7.32. The molecule has 0 aliphatic heterocycles. The van der Waals surface area contributed by atoms with Gasteiger partial charge in [0.25, 0.3) is 5.69 Å². The van der Waals surface area contributed by atoms with Gasteiger partial charge in [0.15, 0.2) is 0 Å². The van der Waals surface area contributed by atoms with E-state index in [1.807, 2.05) is 12.1 Å². The molecule has 0 N–H and O–H groups in total. The van der Waals surface area contributed by atoms with Crippen molar-refractivity contribution in [1.82, 2.24) is 0 Å². The van der Waals surface area contributed by atoms with Gasteiger partial charge in [0.1, 0.15) is 6.10 Å². The van der Waals surface area contributed by atoms with Crippen LogP contribution in [0.25, 0.3) is 0 Å². The van der Waals surface area contributed by atoms with Crippen molar-refractivity contribution in [3.63, 3.8) is 0 Å². The summed E-state index contributed by atoms with van der Waals surface area (Å²) in [5.74, 6) is 1.88. The Kier molecular flexibility index (Phi) is 2.79. The number of esters is 1. The van der Waals surface area contributed by atoms with Crippen molar-refractivity contribution >= 4 is 23.4 Å². The first-order chi connectivity index (χ1) is 10.1. The molecule has 1 aromatic rings. The summed E-state index contributed by atoms with van der Waals surface area (Å²) in [4.78, 5) is 22.7. The minimum absolute atomic E-state index is 0.0396. The van der Waals surface area contributed by atoms with Crippen molar-refractivity contribution in [2.45, 2.75) is 29.6 Å². The van der Waals surface area contributed by atoms with Gasteiger partial charge in [-0.15, -0.1) is 11.8 Å². The van der Waals surface area contributed by atoms with Gasteiger partial charge in [-0.25, -0.2) is 0 Å². The number of benzene rings is 1. The number of rotatable bonds is 4. The predicted octanol–water partition coefficient (Wildman–Crippen LogP) is 2.88. The maximum Gasteiger partial charge on any atom is 0.302 e. The lowest BCUT2D eigenvalue weighted by molar-refractivity contribution is -0.387. The third-order valence-corrected chi connectivity index (χ3v) is 6.60. The van der Waals surface area contributed by atoms with Gasteiger partial charge < -0.3 is 4.74 Å². The van der Waals surface area contributed by atoms with Crippen LogP contribution in [-0.4, -0.2) is 22.2 Å². The lowest BCUT2D eigenvalue weighted by Gasteiger charge is -2.19. The number of carbonyl (C=O) groups is 1. The Morgan fingerprint density at radius 2 is 2.10 bits per heavy atom. The summed E-state index contributed by atoms with van der Waals surface area (Å²) < 4.78 is 5.48. The fourth-order valence-corrected chi connectivity index (χ4v) is 6.08. The highest BCUT2D eigenvalue weighted by molar-refractivity contribution is 8.00. The van der Waals surface area contributed by atoms with Crippen molar-refractivity contribution in [3.05, 3.63) is 34.4 Å². The fourth-order valence-electron chi connectivity index (χ4n) is 4.39. The Morgan fingerprint density at radius 3 is 2.76 bits per heavy atom. The molecule has 0 aromatic heterocycles. The highest BCUT2D eigenvalue weighted by atomic mass is 32.2.